The van der Waals surface area contributed by atoms with Crippen LogP contribution in [0.15, 0.2) is 47.1 Å². The summed E-state index contributed by atoms with van der Waals surface area (Å²) in [5, 5.41) is 0. The quantitative estimate of drug-likeness (QED) is 0.726. The van der Waals surface area contributed by atoms with E-state index in [-0.39, 0.29) is 0 Å². The Labute approximate surface area is 128 Å². The molecule has 22 heavy (non-hydrogen) atoms. The summed E-state index contributed by atoms with van der Waals surface area (Å²) in [5.41, 5.74) is 2.94. The maximum Gasteiger partial charge on any atom is 0.245 e. The molecule has 4 rings (SSSR count). The summed E-state index contributed by atoms with van der Waals surface area (Å²) in [4.78, 5) is 15.7. The molecule has 1 aliphatic rings. The lowest BCUT2D eigenvalue weighted by Crippen LogP contribution is -2.31. The molecule has 0 fully saturated rings. The highest BCUT2D eigenvalue weighted by molar-refractivity contribution is 5.50. The van der Waals surface area contributed by atoms with Crippen LogP contribution in [-0.4, -0.2) is 21.5 Å². The number of aromatic nitrogens is 3. The van der Waals surface area contributed by atoms with Gasteiger partial charge in [0.2, 0.25) is 5.89 Å². The molecule has 0 unspecified atom stereocenters. The van der Waals surface area contributed by atoms with Gasteiger partial charge in [0.05, 0.1) is 6.54 Å². The minimum absolute atomic E-state index is 0.602. The molecule has 4 heterocycles. The Morgan fingerprint density at radius 1 is 1.09 bits per heavy atom. The lowest BCUT2D eigenvalue weighted by molar-refractivity contribution is 0.497. The standard InChI is InChI=1S/C17H16N4O/c1-12-5-4-9-19-16(12)21-10-7-15-14(11-21)20-17(22-15)13-6-2-3-8-18-13/h2-6,8-9H,7,10-11H2,1H3. The molecule has 0 N–H and O–H groups in total. The molecular weight excluding hydrogens is 276 g/mol. The first-order valence-electron chi connectivity index (χ1n) is 7.38. The molecule has 0 spiro atoms. The molecule has 0 amide bonds. The van der Waals surface area contributed by atoms with Gasteiger partial charge in [0, 0.05) is 25.4 Å². The van der Waals surface area contributed by atoms with Crippen molar-refractivity contribution >= 4 is 5.82 Å². The normalized spacial score (nSPS) is 14.0. The van der Waals surface area contributed by atoms with Crippen molar-refractivity contribution in [1.82, 2.24) is 15.0 Å². The van der Waals surface area contributed by atoms with E-state index in [0.29, 0.717) is 5.89 Å². The van der Waals surface area contributed by atoms with E-state index in [9.17, 15) is 0 Å². The van der Waals surface area contributed by atoms with Gasteiger partial charge in [-0.3, -0.25) is 4.98 Å². The van der Waals surface area contributed by atoms with E-state index in [0.717, 1.165) is 42.5 Å². The lowest BCUT2D eigenvalue weighted by atomic mass is 10.1. The first-order valence-corrected chi connectivity index (χ1v) is 7.38. The van der Waals surface area contributed by atoms with Gasteiger partial charge in [0.1, 0.15) is 23.0 Å². The number of hydrogen-bond donors (Lipinski definition) is 0. The van der Waals surface area contributed by atoms with Crippen LogP contribution in [0.5, 0.6) is 0 Å². The van der Waals surface area contributed by atoms with Crippen molar-refractivity contribution < 1.29 is 4.42 Å². The number of fused-ring (bicyclic) bond motifs is 1. The lowest BCUT2D eigenvalue weighted by Gasteiger charge is -2.27. The summed E-state index contributed by atoms with van der Waals surface area (Å²) in [5.74, 6) is 2.59. The van der Waals surface area contributed by atoms with Crippen molar-refractivity contribution in [2.45, 2.75) is 19.9 Å². The van der Waals surface area contributed by atoms with Crippen LogP contribution in [0.25, 0.3) is 11.6 Å². The van der Waals surface area contributed by atoms with Crippen molar-refractivity contribution in [3.05, 3.63) is 59.7 Å². The summed E-state index contributed by atoms with van der Waals surface area (Å²) in [6, 6.07) is 9.79. The molecule has 0 aliphatic carbocycles. The predicted octanol–water partition coefficient (Wildman–Crippen LogP) is 3.00. The molecule has 0 aromatic carbocycles. The highest BCUT2D eigenvalue weighted by atomic mass is 16.4. The zero-order valence-electron chi connectivity index (χ0n) is 12.4. The molecule has 110 valence electrons. The topological polar surface area (TPSA) is 55.1 Å². The van der Waals surface area contributed by atoms with Gasteiger partial charge in [-0.05, 0) is 30.7 Å². The van der Waals surface area contributed by atoms with Crippen LogP contribution < -0.4 is 4.90 Å². The molecule has 5 nitrogen and oxygen atoms in total. The molecule has 5 heteroatoms. The Bertz CT molecular complexity index is 797. The van der Waals surface area contributed by atoms with Gasteiger partial charge in [0.15, 0.2) is 0 Å². The van der Waals surface area contributed by atoms with Gasteiger partial charge in [-0.25, -0.2) is 9.97 Å². The first kappa shape index (κ1) is 13.0. The molecule has 3 aromatic rings. The van der Waals surface area contributed by atoms with E-state index in [1.807, 2.05) is 30.5 Å². The predicted molar refractivity (Wildman–Crippen MR) is 83.5 cm³/mol. The SMILES string of the molecule is Cc1cccnc1N1CCc2oc(-c3ccccn3)nc2C1. The van der Waals surface area contributed by atoms with Crippen LogP contribution in [0, 0.1) is 6.92 Å². The summed E-state index contributed by atoms with van der Waals surface area (Å²) >= 11 is 0. The smallest absolute Gasteiger partial charge is 0.245 e. The van der Waals surface area contributed by atoms with Gasteiger partial charge >= 0.3 is 0 Å². The van der Waals surface area contributed by atoms with E-state index < -0.39 is 0 Å². The minimum Gasteiger partial charge on any atom is -0.439 e. The Morgan fingerprint density at radius 2 is 2.00 bits per heavy atom. The molecular formula is C17H16N4O. The Kier molecular flexibility index (Phi) is 3.11. The fourth-order valence-corrected chi connectivity index (χ4v) is 2.79. The maximum absolute atomic E-state index is 5.89. The molecule has 1 aliphatic heterocycles. The Hall–Kier alpha value is -2.69. The second-order valence-corrected chi connectivity index (χ2v) is 5.42. The Balaban J connectivity index is 1.64. The molecule has 0 saturated heterocycles. The number of pyridine rings is 2. The molecule has 0 atom stereocenters. The highest BCUT2D eigenvalue weighted by Crippen LogP contribution is 2.28. The number of rotatable bonds is 2. The van der Waals surface area contributed by atoms with Crippen LogP contribution in [0.4, 0.5) is 5.82 Å². The van der Waals surface area contributed by atoms with Crippen molar-refractivity contribution in [2.75, 3.05) is 11.4 Å². The van der Waals surface area contributed by atoms with Crippen LogP contribution in [0.3, 0.4) is 0 Å². The van der Waals surface area contributed by atoms with Crippen molar-refractivity contribution in [1.29, 1.82) is 0 Å². The van der Waals surface area contributed by atoms with E-state index in [1.54, 1.807) is 6.20 Å². The first-order chi connectivity index (χ1) is 10.8. The summed E-state index contributed by atoms with van der Waals surface area (Å²) < 4.78 is 5.89. The number of aryl methyl sites for hydroxylation is 1. The summed E-state index contributed by atoms with van der Waals surface area (Å²) in [6.07, 6.45) is 4.42. The number of anilines is 1. The largest absolute Gasteiger partial charge is 0.439 e. The van der Waals surface area contributed by atoms with E-state index >= 15 is 0 Å². The third-order valence-corrected chi connectivity index (χ3v) is 3.89. The van der Waals surface area contributed by atoms with Crippen LogP contribution in [-0.2, 0) is 13.0 Å². The van der Waals surface area contributed by atoms with Crippen molar-refractivity contribution in [3.8, 4) is 11.6 Å². The summed E-state index contributed by atoms with van der Waals surface area (Å²) in [7, 11) is 0. The van der Waals surface area contributed by atoms with Crippen LogP contribution in [0.1, 0.15) is 17.0 Å². The third kappa shape index (κ3) is 2.24. The van der Waals surface area contributed by atoms with Gasteiger partial charge in [-0.1, -0.05) is 12.1 Å². The van der Waals surface area contributed by atoms with Crippen molar-refractivity contribution in [3.63, 3.8) is 0 Å². The van der Waals surface area contributed by atoms with E-state index in [2.05, 4.69) is 32.8 Å². The molecule has 0 saturated carbocycles. The average Bonchev–Trinajstić information content (AvgIpc) is 2.99. The molecule has 3 aromatic heterocycles. The molecule has 0 radical (unpaired) electrons. The Morgan fingerprint density at radius 3 is 2.82 bits per heavy atom. The zero-order valence-corrected chi connectivity index (χ0v) is 12.4. The average molecular weight is 292 g/mol. The monoisotopic (exact) mass is 292 g/mol. The number of oxazole rings is 1. The fraction of sp³-hybridized carbons (Fsp3) is 0.235. The third-order valence-electron chi connectivity index (χ3n) is 3.89. The van der Waals surface area contributed by atoms with Crippen molar-refractivity contribution in [2.24, 2.45) is 0 Å². The highest BCUT2D eigenvalue weighted by Gasteiger charge is 2.24. The van der Waals surface area contributed by atoms with E-state index in [4.69, 9.17) is 4.42 Å². The van der Waals surface area contributed by atoms with Crippen LogP contribution >= 0.6 is 0 Å². The minimum atomic E-state index is 0.602. The fourth-order valence-electron chi connectivity index (χ4n) is 2.79. The molecule has 0 bridgehead atoms. The van der Waals surface area contributed by atoms with Gasteiger partial charge in [0.25, 0.3) is 0 Å². The second-order valence-electron chi connectivity index (χ2n) is 5.42. The van der Waals surface area contributed by atoms with Gasteiger partial charge in [-0.15, -0.1) is 0 Å². The maximum atomic E-state index is 5.89. The number of nitrogens with zero attached hydrogens (tertiary/aromatic N) is 4. The number of hydrogen-bond acceptors (Lipinski definition) is 5. The summed E-state index contributed by atoms with van der Waals surface area (Å²) in [6.45, 7) is 3.70. The van der Waals surface area contributed by atoms with Gasteiger partial charge in [-0.2, -0.15) is 0 Å². The van der Waals surface area contributed by atoms with Gasteiger partial charge < -0.3 is 9.32 Å². The second kappa shape index (κ2) is 5.26. The van der Waals surface area contributed by atoms with E-state index in [1.165, 1.54) is 5.56 Å². The van der Waals surface area contributed by atoms with Crippen LogP contribution in [0.2, 0.25) is 0 Å². The zero-order chi connectivity index (χ0) is 14.9.